The number of carbonyl (C=O) groups is 1. The zero-order valence-electron chi connectivity index (χ0n) is 9.99. The van der Waals surface area contributed by atoms with E-state index in [1.165, 1.54) is 19.2 Å². The minimum absolute atomic E-state index is 0.0886. The van der Waals surface area contributed by atoms with Crippen molar-refractivity contribution in [3.05, 3.63) is 28.3 Å². The molecule has 0 fully saturated rings. The maximum atomic E-state index is 12.8. The number of carboxylic acid groups (broad SMARTS) is 1. The fourth-order valence-electron chi connectivity index (χ4n) is 1.78. The SMILES string of the molecule is COc1cc(Cl)c2c(c1)C=C(C(=O)O)[C@H](C(F)(F)F)O2. The van der Waals surface area contributed by atoms with Gasteiger partial charge in [-0.3, -0.25) is 0 Å². The Morgan fingerprint density at radius 1 is 1.45 bits per heavy atom. The van der Waals surface area contributed by atoms with Crippen molar-refractivity contribution in [3.63, 3.8) is 0 Å². The molecule has 20 heavy (non-hydrogen) atoms. The monoisotopic (exact) mass is 308 g/mol. The van der Waals surface area contributed by atoms with Crippen LogP contribution in [0.4, 0.5) is 13.2 Å². The highest BCUT2D eigenvalue weighted by Gasteiger charge is 2.48. The number of methoxy groups -OCH3 is 1. The lowest BCUT2D eigenvalue weighted by Gasteiger charge is -2.27. The summed E-state index contributed by atoms with van der Waals surface area (Å²) in [4.78, 5) is 10.9. The zero-order chi connectivity index (χ0) is 15.1. The number of hydrogen-bond donors (Lipinski definition) is 1. The molecule has 0 amide bonds. The molecule has 0 aliphatic carbocycles. The van der Waals surface area contributed by atoms with Crippen molar-refractivity contribution in [1.29, 1.82) is 0 Å². The third-order valence-corrected chi connectivity index (χ3v) is 2.94. The van der Waals surface area contributed by atoms with E-state index in [0.717, 1.165) is 6.08 Å². The van der Waals surface area contributed by atoms with Crippen molar-refractivity contribution < 1.29 is 32.5 Å². The average molecular weight is 309 g/mol. The molecule has 0 spiro atoms. The quantitative estimate of drug-likeness (QED) is 0.912. The first-order chi connectivity index (χ1) is 9.24. The molecule has 4 nitrogen and oxygen atoms in total. The maximum absolute atomic E-state index is 12.8. The van der Waals surface area contributed by atoms with Crippen LogP contribution in [-0.4, -0.2) is 30.5 Å². The van der Waals surface area contributed by atoms with Crippen LogP contribution in [0.1, 0.15) is 5.56 Å². The van der Waals surface area contributed by atoms with Crippen LogP contribution in [0.25, 0.3) is 6.08 Å². The molecular weight excluding hydrogens is 301 g/mol. The number of hydrogen-bond acceptors (Lipinski definition) is 3. The van der Waals surface area contributed by atoms with Crippen LogP contribution >= 0.6 is 11.6 Å². The van der Waals surface area contributed by atoms with Gasteiger partial charge in [0.15, 0.2) is 0 Å². The number of benzene rings is 1. The fraction of sp³-hybridized carbons (Fsp3) is 0.250. The normalized spacial score (nSPS) is 17.9. The Balaban J connectivity index is 2.60. The van der Waals surface area contributed by atoms with Gasteiger partial charge in [-0.15, -0.1) is 0 Å². The second kappa shape index (κ2) is 4.90. The van der Waals surface area contributed by atoms with Crippen LogP contribution in [-0.2, 0) is 4.79 Å². The molecule has 1 aromatic rings. The van der Waals surface area contributed by atoms with Gasteiger partial charge in [0.2, 0.25) is 6.10 Å². The Morgan fingerprint density at radius 3 is 2.60 bits per heavy atom. The second-order valence-electron chi connectivity index (χ2n) is 3.97. The third kappa shape index (κ3) is 2.53. The summed E-state index contributed by atoms with van der Waals surface area (Å²) in [7, 11) is 1.35. The predicted octanol–water partition coefficient (Wildman–Crippen LogP) is 3.14. The first-order valence-corrected chi connectivity index (χ1v) is 5.67. The van der Waals surface area contributed by atoms with Gasteiger partial charge >= 0.3 is 12.1 Å². The largest absolute Gasteiger partial charge is 0.497 e. The first-order valence-electron chi connectivity index (χ1n) is 5.30. The lowest BCUT2D eigenvalue weighted by atomic mass is 10.0. The van der Waals surface area contributed by atoms with Crippen LogP contribution < -0.4 is 9.47 Å². The molecule has 0 radical (unpaired) electrons. The van der Waals surface area contributed by atoms with E-state index in [9.17, 15) is 18.0 Å². The lowest BCUT2D eigenvalue weighted by molar-refractivity contribution is -0.187. The summed E-state index contributed by atoms with van der Waals surface area (Å²) >= 11 is 5.82. The molecule has 1 heterocycles. The van der Waals surface area contributed by atoms with Gasteiger partial charge in [-0.1, -0.05) is 11.6 Å². The zero-order valence-corrected chi connectivity index (χ0v) is 10.7. The van der Waals surface area contributed by atoms with E-state index in [4.69, 9.17) is 26.2 Å². The molecule has 0 saturated carbocycles. The van der Waals surface area contributed by atoms with Gasteiger partial charge in [0, 0.05) is 11.6 Å². The molecule has 0 saturated heterocycles. The summed E-state index contributed by atoms with van der Waals surface area (Å²) in [6.45, 7) is 0. The van der Waals surface area contributed by atoms with E-state index < -0.39 is 23.8 Å². The van der Waals surface area contributed by atoms with Crippen molar-refractivity contribution in [2.45, 2.75) is 12.3 Å². The number of ether oxygens (including phenoxy) is 2. The smallest absolute Gasteiger partial charge is 0.430 e. The van der Waals surface area contributed by atoms with Crippen molar-refractivity contribution in [2.75, 3.05) is 7.11 Å². The van der Waals surface area contributed by atoms with Crippen LogP contribution in [0.2, 0.25) is 5.02 Å². The molecule has 1 N–H and O–H groups in total. The molecule has 0 aromatic heterocycles. The number of alkyl halides is 3. The topological polar surface area (TPSA) is 55.8 Å². The Bertz CT molecular complexity index is 595. The number of fused-ring (bicyclic) bond motifs is 1. The minimum atomic E-state index is -4.86. The molecule has 1 atom stereocenters. The Labute approximate surface area is 116 Å². The molecule has 0 bridgehead atoms. The maximum Gasteiger partial charge on any atom is 0.430 e. The van der Waals surface area contributed by atoms with Gasteiger partial charge in [0.05, 0.1) is 17.7 Å². The number of rotatable bonds is 2. The van der Waals surface area contributed by atoms with Gasteiger partial charge in [0.25, 0.3) is 0 Å². The number of halogens is 4. The summed E-state index contributed by atoms with van der Waals surface area (Å²) in [5.74, 6) is -1.65. The molecular formula is C12H8ClF3O4. The summed E-state index contributed by atoms with van der Waals surface area (Å²) in [5, 5.41) is 8.79. The van der Waals surface area contributed by atoms with E-state index in [1.807, 2.05) is 0 Å². The Kier molecular flexibility index (Phi) is 3.56. The summed E-state index contributed by atoms with van der Waals surface area (Å²) in [6, 6.07) is 2.63. The third-order valence-electron chi connectivity index (χ3n) is 2.65. The molecule has 1 aliphatic heterocycles. The molecule has 0 unspecified atom stereocenters. The first kappa shape index (κ1) is 14.5. The van der Waals surface area contributed by atoms with E-state index in [1.54, 1.807) is 0 Å². The number of aliphatic carboxylic acids is 1. The number of carboxylic acids is 1. The highest BCUT2D eigenvalue weighted by molar-refractivity contribution is 6.32. The van der Waals surface area contributed by atoms with Crippen LogP contribution in [0.15, 0.2) is 17.7 Å². The molecule has 1 aromatic carbocycles. The second-order valence-corrected chi connectivity index (χ2v) is 4.38. The van der Waals surface area contributed by atoms with Crippen LogP contribution in [0, 0.1) is 0 Å². The van der Waals surface area contributed by atoms with Gasteiger partial charge in [-0.2, -0.15) is 13.2 Å². The van der Waals surface area contributed by atoms with E-state index in [0.29, 0.717) is 0 Å². The van der Waals surface area contributed by atoms with Crippen molar-refractivity contribution >= 4 is 23.6 Å². The molecule has 2 rings (SSSR count). The predicted molar refractivity (Wildman–Crippen MR) is 64.1 cm³/mol. The van der Waals surface area contributed by atoms with E-state index in [2.05, 4.69) is 0 Å². The standard InChI is InChI=1S/C12H8ClF3O4/c1-19-6-2-5-3-7(11(17)18)10(12(14,15)16)20-9(5)8(13)4-6/h2-4,10H,1H3,(H,17,18)/t10-/m1/s1. The summed E-state index contributed by atoms with van der Waals surface area (Å²) in [6.07, 6.45) is -6.53. The van der Waals surface area contributed by atoms with Gasteiger partial charge < -0.3 is 14.6 Å². The lowest BCUT2D eigenvalue weighted by Crippen LogP contribution is -2.40. The summed E-state index contributed by atoms with van der Waals surface area (Å²) in [5.41, 5.74) is -0.790. The van der Waals surface area contributed by atoms with E-state index in [-0.39, 0.29) is 22.1 Å². The fourth-order valence-corrected chi connectivity index (χ4v) is 2.04. The summed E-state index contributed by atoms with van der Waals surface area (Å²) < 4.78 is 48.1. The van der Waals surface area contributed by atoms with Gasteiger partial charge in [-0.25, -0.2) is 4.79 Å². The van der Waals surface area contributed by atoms with E-state index >= 15 is 0 Å². The van der Waals surface area contributed by atoms with Crippen molar-refractivity contribution in [3.8, 4) is 11.5 Å². The highest BCUT2D eigenvalue weighted by atomic mass is 35.5. The van der Waals surface area contributed by atoms with Gasteiger partial charge in [0.1, 0.15) is 11.5 Å². The molecule has 8 heteroatoms. The van der Waals surface area contributed by atoms with Crippen molar-refractivity contribution in [1.82, 2.24) is 0 Å². The molecule has 108 valence electrons. The average Bonchev–Trinajstić information content (AvgIpc) is 2.35. The van der Waals surface area contributed by atoms with Gasteiger partial charge in [-0.05, 0) is 12.1 Å². The van der Waals surface area contributed by atoms with Crippen LogP contribution in [0.5, 0.6) is 11.5 Å². The highest BCUT2D eigenvalue weighted by Crippen LogP contribution is 2.42. The minimum Gasteiger partial charge on any atom is -0.497 e. The Morgan fingerprint density at radius 2 is 2.10 bits per heavy atom. The van der Waals surface area contributed by atoms with Crippen LogP contribution in [0.3, 0.4) is 0 Å². The molecule has 1 aliphatic rings. The van der Waals surface area contributed by atoms with Crippen molar-refractivity contribution in [2.24, 2.45) is 0 Å². The Hall–Kier alpha value is -1.89.